The van der Waals surface area contributed by atoms with Gasteiger partial charge in [-0.2, -0.15) is 5.26 Å². The summed E-state index contributed by atoms with van der Waals surface area (Å²) in [5, 5.41) is 17.3. The molecule has 1 saturated heterocycles. The highest BCUT2D eigenvalue weighted by atomic mass is 15.4. The van der Waals surface area contributed by atoms with Crippen molar-refractivity contribution in [2.75, 3.05) is 19.6 Å². The van der Waals surface area contributed by atoms with E-state index in [1.165, 1.54) is 12.8 Å². The Morgan fingerprint density at radius 3 is 2.80 bits per heavy atom. The van der Waals surface area contributed by atoms with Crippen LogP contribution < -0.4 is 0 Å². The molecule has 0 atom stereocenters. The van der Waals surface area contributed by atoms with Crippen LogP contribution in [0.3, 0.4) is 0 Å². The van der Waals surface area contributed by atoms with Crippen molar-refractivity contribution in [2.24, 2.45) is 0 Å². The maximum absolute atomic E-state index is 9.18. The monoisotopic (exact) mass is 268 g/mol. The zero-order chi connectivity index (χ0) is 13.8. The Kier molecular flexibility index (Phi) is 3.70. The van der Waals surface area contributed by atoms with E-state index in [0.717, 1.165) is 37.4 Å². The van der Waals surface area contributed by atoms with Crippen molar-refractivity contribution in [2.45, 2.75) is 19.4 Å². The van der Waals surface area contributed by atoms with Crippen LogP contribution in [0.1, 0.15) is 18.5 Å². The summed E-state index contributed by atoms with van der Waals surface area (Å²) in [5.41, 5.74) is 2.01. The molecular formula is C14H16N6. The standard InChI is InChI=1S/C14H16N6/c15-10-13-14(12-4-3-5-16-11-12)20(18-17-13)9-8-19-6-1-2-7-19/h3-5,11H,1-2,6-9H2. The molecule has 0 amide bonds. The molecule has 6 heteroatoms. The summed E-state index contributed by atoms with van der Waals surface area (Å²) in [5.74, 6) is 0. The summed E-state index contributed by atoms with van der Waals surface area (Å²) in [6.45, 7) is 4.00. The van der Waals surface area contributed by atoms with E-state index in [0.29, 0.717) is 5.69 Å². The van der Waals surface area contributed by atoms with E-state index in [1.807, 2.05) is 16.8 Å². The molecule has 0 aliphatic carbocycles. The molecule has 2 aromatic rings. The van der Waals surface area contributed by atoms with Gasteiger partial charge in [-0.1, -0.05) is 5.21 Å². The molecule has 20 heavy (non-hydrogen) atoms. The average molecular weight is 268 g/mol. The highest BCUT2D eigenvalue weighted by Crippen LogP contribution is 2.20. The Balaban J connectivity index is 1.84. The van der Waals surface area contributed by atoms with Gasteiger partial charge in [-0.15, -0.1) is 5.10 Å². The van der Waals surface area contributed by atoms with Gasteiger partial charge in [0.2, 0.25) is 0 Å². The molecular weight excluding hydrogens is 252 g/mol. The number of nitriles is 1. The van der Waals surface area contributed by atoms with Gasteiger partial charge in [0.25, 0.3) is 0 Å². The lowest BCUT2D eigenvalue weighted by molar-refractivity contribution is 0.315. The smallest absolute Gasteiger partial charge is 0.190 e. The highest BCUT2D eigenvalue weighted by molar-refractivity contribution is 5.63. The lowest BCUT2D eigenvalue weighted by Crippen LogP contribution is -2.24. The summed E-state index contributed by atoms with van der Waals surface area (Å²) < 4.78 is 1.81. The van der Waals surface area contributed by atoms with E-state index in [1.54, 1.807) is 12.4 Å². The van der Waals surface area contributed by atoms with Gasteiger partial charge in [-0.25, -0.2) is 4.68 Å². The minimum Gasteiger partial charge on any atom is -0.301 e. The van der Waals surface area contributed by atoms with Gasteiger partial charge in [-0.3, -0.25) is 4.98 Å². The lowest BCUT2D eigenvalue weighted by atomic mass is 10.2. The molecule has 6 nitrogen and oxygen atoms in total. The second kappa shape index (κ2) is 5.80. The first-order valence-corrected chi connectivity index (χ1v) is 6.85. The fourth-order valence-electron chi connectivity index (χ4n) is 2.58. The van der Waals surface area contributed by atoms with Crippen LogP contribution in [-0.2, 0) is 6.54 Å². The number of likely N-dealkylation sites (tertiary alicyclic amines) is 1. The van der Waals surface area contributed by atoms with E-state index in [-0.39, 0.29) is 0 Å². The molecule has 1 fully saturated rings. The second-order valence-electron chi connectivity index (χ2n) is 4.91. The Hall–Kier alpha value is -2.26. The van der Waals surface area contributed by atoms with Crippen molar-refractivity contribution in [1.82, 2.24) is 24.9 Å². The lowest BCUT2D eigenvalue weighted by Gasteiger charge is -2.15. The molecule has 3 heterocycles. The van der Waals surface area contributed by atoms with E-state index < -0.39 is 0 Å². The van der Waals surface area contributed by atoms with E-state index in [9.17, 15) is 5.26 Å². The highest BCUT2D eigenvalue weighted by Gasteiger charge is 2.17. The maximum atomic E-state index is 9.18. The molecule has 0 unspecified atom stereocenters. The molecule has 102 valence electrons. The molecule has 0 spiro atoms. The molecule has 0 saturated carbocycles. The molecule has 1 aliphatic rings. The average Bonchev–Trinajstić information content (AvgIpc) is 3.15. The number of nitrogens with zero attached hydrogens (tertiary/aromatic N) is 6. The van der Waals surface area contributed by atoms with Crippen LogP contribution in [0.25, 0.3) is 11.3 Å². The molecule has 3 rings (SSSR count). The third-order valence-electron chi connectivity index (χ3n) is 3.60. The molecule has 0 radical (unpaired) electrons. The third-order valence-corrected chi connectivity index (χ3v) is 3.60. The largest absolute Gasteiger partial charge is 0.301 e. The van der Waals surface area contributed by atoms with Crippen molar-refractivity contribution in [3.8, 4) is 17.3 Å². The maximum Gasteiger partial charge on any atom is 0.190 e. The molecule has 0 N–H and O–H groups in total. The molecule has 0 bridgehead atoms. The van der Waals surface area contributed by atoms with Crippen molar-refractivity contribution in [3.63, 3.8) is 0 Å². The van der Waals surface area contributed by atoms with Gasteiger partial charge >= 0.3 is 0 Å². The van der Waals surface area contributed by atoms with Gasteiger partial charge < -0.3 is 4.90 Å². The zero-order valence-corrected chi connectivity index (χ0v) is 11.2. The van der Waals surface area contributed by atoms with Crippen LogP contribution >= 0.6 is 0 Å². The number of hydrogen-bond acceptors (Lipinski definition) is 5. The molecule has 0 aromatic carbocycles. The number of aromatic nitrogens is 4. The normalized spacial score (nSPS) is 15.3. The van der Waals surface area contributed by atoms with Gasteiger partial charge in [0.15, 0.2) is 5.69 Å². The van der Waals surface area contributed by atoms with Crippen LogP contribution in [-0.4, -0.2) is 44.5 Å². The fraction of sp³-hybridized carbons (Fsp3) is 0.429. The van der Waals surface area contributed by atoms with E-state index >= 15 is 0 Å². The number of rotatable bonds is 4. The van der Waals surface area contributed by atoms with Crippen molar-refractivity contribution in [1.29, 1.82) is 5.26 Å². The topological polar surface area (TPSA) is 70.6 Å². The third kappa shape index (κ3) is 2.53. The fourth-order valence-corrected chi connectivity index (χ4v) is 2.58. The van der Waals surface area contributed by atoms with Crippen LogP contribution in [0, 0.1) is 11.3 Å². The first-order valence-electron chi connectivity index (χ1n) is 6.85. The Morgan fingerprint density at radius 2 is 2.10 bits per heavy atom. The second-order valence-corrected chi connectivity index (χ2v) is 4.91. The van der Waals surface area contributed by atoms with E-state index in [2.05, 4.69) is 26.3 Å². The minimum atomic E-state index is 0.361. The summed E-state index contributed by atoms with van der Waals surface area (Å²) in [6.07, 6.45) is 6.01. The Labute approximate surface area is 117 Å². The van der Waals surface area contributed by atoms with Crippen molar-refractivity contribution >= 4 is 0 Å². The quantitative estimate of drug-likeness (QED) is 0.836. The Bertz CT molecular complexity index is 606. The summed E-state index contributed by atoms with van der Waals surface area (Å²) in [7, 11) is 0. The van der Waals surface area contributed by atoms with Gasteiger partial charge in [-0.05, 0) is 38.1 Å². The van der Waals surface area contributed by atoms with E-state index in [4.69, 9.17) is 0 Å². The predicted octanol–water partition coefficient (Wildman–Crippen LogP) is 1.31. The van der Waals surface area contributed by atoms with Crippen LogP contribution in [0.15, 0.2) is 24.5 Å². The van der Waals surface area contributed by atoms with Crippen molar-refractivity contribution in [3.05, 3.63) is 30.2 Å². The molecule has 2 aromatic heterocycles. The van der Waals surface area contributed by atoms with Crippen LogP contribution in [0.2, 0.25) is 0 Å². The van der Waals surface area contributed by atoms with Gasteiger partial charge in [0.1, 0.15) is 11.8 Å². The first-order chi connectivity index (χ1) is 9.88. The van der Waals surface area contributed by atoms with Gasteiger partial charge in [0.05, 0.1) is 6.54 Å². The predicted molar refractivity (Wildman–Crippen MR) is 73.6 cm³/mol. The van der Waals surface area contributed by atoms with Crippen LogP contribution in [0.5, 0.6) is 0 Å². The first kappa shape index (κ1) is 12.8. The number of hydrogen-bond donors (Lipinski definition) is 0. The minimum absolute atomic E-state index is 0.361. The summed E-state index contributed by atoms with van der Waals surface area (Å²) >= 11 is 0. The summed E-state index contributed by atoms with van der Waals surface area (Å²) in [4.78, 5) is 6.52. The summed E-state index contributed by atoms with van der Waals surface area (Å²) in [6, 6.07) is 5.89. The van der Waals surface area contributed by atoms with Gasteiger partial charge in [0, 0.05) is 24.5 Å². The zero-order valence-electron chi connectivity index (χ0n) is 11.2. The Morgan fingerprint density at radius 1 is 1.25 bits per heavy atom. The SMILES string of the molecule is N#Cc1nnn(CCN2CCCC2)c1-c1cccnc1. The molecule has 1 aliphatic heterocycles. The van der Waals surface area contributed by atoms with Crippen molar-refractivity contribution < 1.29 is 0 Å². The van der Waals surface area contributed by atoms with Crippen LogP contribution in [0.4, 0.5) is 0 Å². The number of pyridine rings is 1.